The lowest BCUT2D eigenvalue weighted by molar-refractivity contribution is -0.135. The van der Waals surface area contributed by atoms with Crippen molar-refractivity contribution in [2.45, 2.75) is 38.7 Å². The largest absolute Gasteiger partial charge is 0.375 e. The summed E-state index contributed by atoms with van der Waals surface area (Å²) in [6, 6.07) is 12.3. The lowest BCUT2D eigenvalue weighted by Crippen LogP contribution is -2.41. The molecule has 1 heterocycles. The van der Waals surface area contributed by atoms with Crippen LogP contribution in [0.2, 0.25) is 5.02 Å². The van der Waals surface area contributed by atoms with Crippen molar-refractivity contribution in [1.82, 2.24) is 0 Å². The van der Waals surface area contributed by atoms with Crippen molar-refractivity contribution in [3.63, 3.8) is 0 Å². The Hall–Kier alpha value is -2.17. The summed E-state index contributed by atoms with van der Waals surface area (Å²) in [5.41, 5.74) is 0.723. The predicted octanol–water partition coefficient (Wildman–Crippen LogP) is 4.29. The molecule has 2 aromatic carbocycles. The molecule has 4 nitrogen and oxygen atoms in total. The summed E-state index contributed by atoms with van der Waals surface area (Å²) in [6.45, 7) is 6.40. The summed E-state index contributed by atoms with van der Waals surface area (Å²) in [5, 5.41) is 11.6. The van der Waals surface area contributed by atoms with Gasteiger partial charge < -0.3 is 10.0 Å². The molecule has 3 rings (SSSR count). The van der Waals surface area contributed by atoms with Crippen molar-refractivity contribution in [2.24, 2.45) is 0 Å². The SMILES string of the molecule is CCN1C(=O)C(O)(CC(=O)c2ccc(C(C)C)cc2)c2cc(Cl)ccc21. The number of amides is 1. The van der Waals surface area contributed by atoms with Gasteiger partial charge in [0.15, 0.2) is 11.4 Å². The van der Waals surface area contributed by atoms with Crippen molar-refractivity contribution < 1.29 is 14.7 Å². The lowest BCUT2D eigenvalue weighted by Gasteiger charge is -2.22. The fourth-order valence-corrected chi connectivity index (χ4v) is 3.57. The molecule has 0 radical (unpaired) electrons. The van der Waals surface area contributed by atoms with Crippen LogP contribution in [-0.4, -0.2) is 23.3 Å². The zero-order chi connectivity index (χ0) is 19.1. The maximum absolute atomic E-state index is 12.8. The number of Topliss-reactive ketones (excluding diaryl/α,β-unsaturated/α-hetero) is 1. The number of fused-ring (bicyclic) bond motifs is 1. The summed E-state index contributed by atoms with van der Waals surface area (Å²) >= 11 is 6.06. The van der Waals surface area contributed by atoms with Crippen LogP contribution in [0, 0.1) is 0 Å². The minimum absolute atomic E-state index is 0.278. The van der Waals surface area contributed by atoms with Gasteiger partial charge in [-0.1, -0.05) is 49.7 Å². The number of likely N-dealkylation sites (N-methyl/N-ethyl adjacent to an activating group) is 1. The summed E-state index contributed by atoms with van der Waals surface area (Å²) < 4.78 is 0. The number of anilines is 1. The van der Waals surface area contributed by atoms with E-state index in [1.54, 1.807) is 30.3 Å². The number of aliphatic hydroxyl groups is 1. The van der Waals surface area contributed by atoms with Gasteiger partial charge in [-0.2, -0.15) is 0 Å². The number of rotatable bonds is 5. The Morgan fingerprint density at radius 2 is 1.85 bits per heavy atom. The molecule has 1 unspecified atom stereocenters. The normalized spacial score (nSPS) is 19.2. The third kappa shape index (κ3) is 3.04. The van der Waals surface area contributed by atoms with Gasteiger partial charge in [-0.05, 0) is 36.6 Å². The van der Waals surface area contributed by atoms with Crippen LogP contribution in [0.5, 0.6) is 0 Å². The first kappa shape index (κ1) is 18.6. The second kappa shape index (κ2) is 6.86. The Morgan fingerprint density at radius 3 is 2.42 bits per heavy atom. The molecule has 0 saturated heterocycles. The third-order valence-corrected chi connectivity index (χ3v) is 5.16. The lowest BCUT2D eigenvalue weighted by atomic mass is 9.87. The molecule has 0 aromatic heterocycles. The highest BCUT2D eigenvalue weighted by molar-refractivity contribution is 6.31. The Bertz CT molecular complexity index is 860. The van der Waals surface area contributed by atoms with Gasteiger partial charge in [0, 0.05) is 22.7 Å². The molecule has 1 N–H and O–H groups in total. The standard InChI is InChI=1S/C21H22ClNO3/c1-4-23-18-10-9-16(22)11-17(18)21(26,20(23)25)12-19(24)15-7-5-14(6-8-15)13(2)3/h5-11,13,26H,4,12H2,1-3H3. The van der Waals surface area contributed by atoms with Crippen LogP contribution in [0.15, 0.2) is 42.5 Å². The molecule has 0 fully saturated rings. The van der Waals surface area contributed by atoms with E-state index in [2.05, 4.69) is 13.8 Å². The number of carbonyl (C=O) groups is 2. The number of hydrogen-bond donors (Lipinski definition) is 1. The van der Waals surface area contributed by atoms with E-state index in [0.717, 1.165) is 5.56 Å². The fourth-order valence-electron chi connectivity index (χ4n) is 3.40. The average Bonchev–Trinajstić information content (AvgIpc) is 2.82. The monoisotopic (exact) mass is 371 g/mol. The highest BCUT2D eigenvalue weighted by Crippen LogP contribution is 2.44. The number of carbonyl (C=O) groups excluding carboxylic acids is 2. The Labute approximate surface area is 158 Å². The molecule has 1 atom stereocenters. The van der Waals surface area contributed by atoms with Gasteiger partial charge >= 0.3 is 0 Å². The zero-order valence-electron chi connectivity index (χ0n) is 15.1. The first-order valence-electron chi connectivity index (χ1n) is 8.75. The molecule has 0 spiro atoms. The molecule has 136 valence electrons. The maximum atomic E-state index is 12.8. The van der Waals surface area contributed by atoms with Gasteiger partial charge in [0.1, 0.15) is 0 Å². The topological polar surface area (TPSA) is 57.6 Å². The number of benzene rings is 2. The Morgan fingerprint density at radius 1 is 1.19 bits per heavy atom. The highest BCUT2D eigenvalue weighted by atomic mass is 35.5. The van der Waals surface area contributed by atoms with Crippen LogP contribution in [0.25, 0.3) is 0 Å². The zero-order valence-corrected chi connectivity index (χ0v) is 15.9. The predicted molar refractivity (Wildman–Crippen MR) is 103 cm³/mol. The molecule has 0 aliphatic carbocycles. The summed E-state index contributed by atoms with van der Waals surface area (Å²) in [7, 11) is 0. The van der Waals surface area contributed by atoms with Crippen molar-refractivity contribution in [1.29, 1.82) is 0 Å². The van der Waals surface area contributed by atoms with Gasteiger partial charge in [0.25, 0.3) is 5.91 Å². The molecule has 1 aliphatic rings. The molecule has 2 aromatic rings. The quantitative estimate of drug-likeness (QED) is 0.797. The first-order valence-corrected chi connectivity index (χ1v) is 9.13. The van der Waals surface area contributed by atoms with Crippen LogP contribution in [0.4, 0.5) is 5.69 Å². The number of nitrogens with zero attached hydrogens (tertiary/aromatic N) is 1. The van der Waals surface area contributed by atoms with Crippen LogP contribution < -0.4 is 4.90 Å². The van der Waals surface area contributed by atoms with Crippen molar-refractivity contribution in [3.8, 4) is 0 Å². The average molecular weight is 372 g/mol. The summed E-state index contributed by atoms with van der Waals surface area (Å²) in [5.74, 6) is -0.392. The fraction of sp³-hybridized carbons (Fsp3) is 0.333. The van der Waals surface area contributed by atoms with Gasteiger partial charge in [0.05, 0.1) is 12.1 Å². The van der Waals surface area contributed by atoms with Gasteiger partial charge in [0.2, 0.25) is 0 Å². The summed E-state index contributed by atoms with van der Waals surface area (Å²) in [6.07, 6.45) is -0.309. The van der Waals surface area contributed by atoms with E-state index in [9.17, 15) is 14.7 Å². The molecule has 0 saturated carbocycles. The number of hydrogen-bond acceptors (Lipinski definition) is 3. The van der Waals surface area contributed by atoms with E-state index in [4.69, 9.17) is 11.6 Å². The van der Waals surface area contributed by atoms with E-state index >= 15 is 0 Å². The Balaban J connectivity index is 1.94. The first-order chi connectivity index (χ1) is 12.3. The molecule has 26 heavy (non-hydrogen) atoms. The van der Waals surface area contributed by atoms with Gasteiger partial charge in [-0.25, -0.2) is 0 Å². The second-order valence-corrected chi connectivity index (χ2v) is 7.38. The molecule has 1 aliphatic heterocycles. The summed E-state index contributed by atoms with van der Waals surface area (Å²) in [4.78, 5) is 27.1. The number of ketones is 1. The van der Waals surface area contributed by atoms with E-state index in [1.807, 2.05) is 19.1 Å². The van der Waals surface area contributed by atoms with E-state index in [-0.39, 0.29) is 12.2 Å². The van der Waals surface area contributed by atoms with Crippen molar-refractivity contribution >= 4 is 29.0 Å². The minimum atomic E-state index is -1.88. The van der Waals surface area contributed by atoms with E-state index in [0.29, 0.717) is 34.3 Å². The molecular formula is C21H22ClNO3. The van der Waals surface area contributed by atoms with E-state index in [1.165, 1.54) is 4.90 Å². The molecule has 1 amide bonds. The van der Waals surface area contributed by atoms with Crippen LogP contribution >= 0.6 is 11.6 Å². The number of halogens is 1. The second-order valence-electron chi connectivity index (χ2n) is 6.95. The maximum Gasteiger partial charge on any atom is 0.264 e. The molecular weight excluding hydrogens is 350 g/mol. The highest BCUT2D eigenvalue weighted by Gasteiger charge is 2.50. The van der Waals surface area contributed by atoms with Crippen molar-refractivity contribution in [2.75, 3.05) is 11.4 Å². The van der Waals surface area contributed by atoms with Gasteiger partial charge in [-0.15, -0.1) is 0 Å². The molecule has 0 bridgehead atoms. The third-order valence-electron chi connectivity index (χ3n) is 4.93. The van der Waals surface area contributed by atoms with Crippen LogP contribution in [0.1, 0.15) is 54.6 Å². The van der Waals surface area contributed by atoms with Crippen molar-refractivity contribution in [3.05, 3.63) is 64.2 Å². The minimum Gasteiger partial charge on any atom is -0.375 e. The molecule has 5 heteroatoms. The Kier molecular flexibility index (Phi) is 4.91. The van der Waals surface area contributed by atoms with Crippen LogP contribution in [-0.2, 0) is 10.4 Å². The van der Waals surface area contributed by atoms with E-state index < -0.39 is 11.5 Å². The van der Waals surface area contributed by atoms with Gasteiger partial charge in [-0.3, -0.25) is 9.59 Å². The smallest absolute Gasteiger partial charge is 0.264 e. The van der Waals surface area contributed by atoms with Crippen LogP contribution in [0.3, 0.4) is 0 Å².